The maximum atomic E-state index is 8.64. The third-order valence-electron chi connectivity index (χ3n) is 1.79. The van der Waals surface area contributed by atoms with Gasteiger partial charge in [-0.15, -0.1) is 0 Å². The zero-order valence-electron chi connectivity index (χ0n) is 6.41. The minimum Gasteiger partial charge on any atom is -0.192 e. The Morgan fingerprint density at radius 2 is 2.17 bits per heavy atom. The summed E-state index contributed by atoms with van der Waals surface area (Å²) in [6, 6.07) is 16.5. The summed E-state index contributed by atoms with van der Waals surface area (Å²) in [6.07, 6.45) is 0. The molecule has 1 nitrogen and oxygen atoms in total. The quantitative estimate of drug-likeness (QED) is 0.569. The van der Waals surface area contributed by atoms with Gasteiger partial charge in [0.05, 0.1) is 11.6 Å². The van der Waals surface area contributed by atoms with Crippen molar-refractivity contribution < 1.29 is 0 Å². The van der Waals surface area contributed by atoms with Crippen LogP contribution < -0.4 is 0 Å². The standard InChI is InChI=1S/C11H6N/c12-8-9-5-6-10-3-1-2-4-11(10)7-9/h1-2,4-7H. The van der Waals surface area contributed by atoms with E-state index >= 15 is 0 Å². The molecule has 1 heteroatoms. The molecule has 0 aromatic heterocycles. The van der Waals surface area contributed by atoms with Crippen LogP contribution in [0, 0.1) is 17.4 Å². The first-order chi connectivity index (χ1) is 5.90. The Hall–Kier alpha value is -1.81. The van der Waals surface area contributed by atoms with Gasteiger partial charge in [0.1, 0.15) is 0 Å². The summed E-state index contributed by atoms with van der Waals surface area (Å²) >= 11 is 0. The van der Waals surface area contributed by atoms with E-state index in [2.05, 4.69) is 12.1 Å². The number of benzene rings is 2. The minimum atomic E-state index is 0.696. The fourth-order valence-electron chi connectivity index (χ4n) is 1.19. The van der Waals surface area contributed by atoms with E-state index < -0.39 is 0 Å². The topological polar surface area (TPSA) is 23.8 Å². The van der Waals surface area contributed by atoms with Gasteiger partial charge in [0.2, 0.25) is 0 Å². The molecule has 0 N–H and O–H groups in total. The van der Waals surface area contributed by atoms with E-state index in [1.807, 2.05) is 30.3 Å². The van der Waals surface area contributed by atoms with Crippen molar-refractivity contribution in [1.29, 1.82) is 5.26 Å². The summed E-state index contributed by atoms with van der Waals surface area (Å²) in [5.74, 6) is 0. The van der Waals surface area contributed by atoms with Gasteiger partial charge < -0.3 is 0 Å². The van der Waals surface area contributed by atoms with Gasteiger partial charge >= 0.3 is 0 Å². The van der Waals surface area contributed by atoms with Crippen molar-refractivity contribution in [2.75, 3.05) is 0 Å². The number of rotatable bonds is 0. The molecule has 0 spiro atoms. The van der Waals surface area contributed by atoms with Gasteiger partial charge in [0.15, 0.2) is 0 Å². The van der Waals surface area contributed by atoms with E-state index in [-0.39, 0.29) is 0 Å². The van der Waals surface area contributed by atoms with E-state index in [4.69, 9.17) is 5.26 Å². The first-order valence-electron chi connectivity index (χ1n) is 3.71. The van der Waals surface area contributed by atoms with Crippen LogP contribution in [0.2, 0.25) is 0 Å². The van der Waals surface area contributed by atoms with Gasteiger partial charge in [-0.1, -0.05) is 24.3 Å². The van der Waals surface area contributed by atoms with Crippen molar-refractivity contribution in [3.8, 4) is 6.07 Å². The zero-order valence-corrected chi connectivity index (χ0v) is 6.41. The highest BCUT2D eigenvalue weighted by Gasteiger charge is 1.93. The molecule has 0 unspecified atom stereocenters. The van der Waals surface area contributed by atoms with Gasteiger partial charge in [0, 0.05) is 0 Å². The second-order valence-electron chi connectivity index (χ2n) is 2.58. The molecule has 0 aliphatic heterocycles. The minimum absolute atomic E-state index is 0.696. The first-order valence-corrected chi connectivity index (χ1v) is 3.71. The van der Waals surface area contributed by atoms with Gasteiger partial charge in [0.25, 0.3) is 0 Å². The van der Waals surface area contributed by atoms with Gasteiger partial charge in [-0.2, -0.15) is 5.26 Å². The van der Waals surface area contributed by atoms with Gasteiger partial charge in [-0.3, -0.25) is 0 Å². The molecule has 0 bridgehead atoms. The van der Waals surface area contributed by atoms with Crippen molar-refractivity contribution in [1.82, 2.24) is 0 Å². The van der Waals surface area contributed by atoms with Gasteiger partial charge in [-0.25, -0.2) is 0 Å². The van der Waals surface area contributed by atoms with Crippen LogP contribution in [-0.2, 0) is 0 Å². The summed E-state index contributed by atoms with van der Waals surface area (Å²) in [7, 11) is 0. The summed E-state index contributed by atoms with van der Waals surface area (Å²) in [5.41, 5.74) is 0.696. The van der Waals surface area contributed by atoms with Crippen LogP contribution in [0.1, 0.15) is 5.56 Å². The highest BCUT2D eigenvalue weighted by atomic mass is 14.2. The predicted molar refractivity (Wildman–Crippen MR) is 47.5 cm³/mol. The third-order valence-corrected chi connectivity index (χ3v) is 1.79. The van der Waals surface area contributed by atoms with Crippen LogP contribution >= 0.6 is 0 Å². The second-order valence-corrected chi connectivity index (χ2v) is 2.58. The van der Waals surface area contributed by atoms with Crippen LogP contribution in [0.15, 0.2) is 36.4 Å². The maximum Gasteiger partial charge on any atom is 0.0991 e. The molecule has 0 atom stereocenters. The monoisotopic (exact) mass is 152 g/mol. The molecule has 1 radical (unpaired) electrons. The van der Waals surface area contributed by atoms with Gasteiger partial charge in [-0.05, 0) is 29.0 Å². The Kier molecular flexibility index (Phi) is 1.53. The summed E-state index contributed by atoms with van der Waals surface area (Å²) in [4.78, 5) is 0. The van der Waals surface area contributed by atoms with E-state index in [9.17, 15) is 0 Å². The Balaban J connectivity index is 2.78. The molecule has 0 heterocycles. The fraction of sp³-hybridized carbons (Fsp3) is 0. The molecule has 0 aliphatic rings. The fourth-order valence-corrected chi connectivity index (χ4v) is 1.19. The molecule has 2 aromatic carbocycles. The van der Waals surface area contributed by atoms with Crippen LogP contribution in [-0.4, -0.2) is 0 Å². The molecule has 2 aromatic rings. The largest absolute Gasteiger partial charge is 0.192 e. The Labute approximate surface area is 70.9 Å². The number of nitriles is 1. The average Bonchev–Trinajstić information content (AvgIpc) is 2.17. The van der Waals surface area contributed by atoms with E-state index in [1.165, 1.54) is 0 Å². The highest BCUT2D eigenvalue weighted by Crippen LogP contribution is 2.13. The maximum absolute atomic E-state index is 8.64. The molecule has 0 saturated carbocycles. The highest BCUT2D eigenvalue weighted by molar-refractivity contribution is 5.83. The number of nitrogens with zero attached hydrogens (tertiary/aromatic N) is 1. The third kappa shape index (κ3) is 1.04. The molecule has 0 fully saturated rings. The normalized spacial score (nSPS) is 9.58. The summed E-state index contributed by atoms with van der Waals surface area (Å²) < 4.78 is 0. The van der Waals surface area contributed by atoms with Crippen molar-refractivity contribution >= 4 is 10.8 Å². The lowest BCUT2D eigenvalue weighted by atomic mass is 10.1. The average molecular weight is 152 g/mol. The van der Waals surface area contributed by atoms with Crippen LogP contribution in [0.25, 0.3) is 10.8 Å². The molecule has 55 valence electrons. The second kappa shape index (κ2) is 2.67. The van der Waals surface area contributed by atoms with Crippen LogP contribution in [0.4, 0.5) is 0 Å². The smallest absolute Gasteiger partial charge is 0.0991 e. The van der Waals surface area contributed by atoms with E-state index in [1.54, 1.807) is 6.07 Å². The van der Waals surface area contributed by atoms with Crippen molar-refractivity contribution in [2.45, 2.75) is 0 Å². The molecule has 0 amide bonds. The Morgan fingerprint density at radius 3 is 3.00 bits per heavy atom. The molecule has 2 rings (SSSR count). The van der Waals surface area contributed by atoms with Crippen molar-refractivity contribution in [3.63, 3.8) is 0 Å². The SMILES string of the molecule is N#Cc1ccc2[c]cccc2c1. The zero-order chi connectivity index (χ0) is 8.39. The van der Waals surface area contributed by atoms with Crippen LogP contribution in [0.3, 0.4) is 0 Å². The lowest BCUT2D eigenvalue weighted by Crippen LogP contribution is -1.75. The number of hydrogen-bond acceptors (Lipinski definition) is 1. The van der Waals surface area contributed by atoms with E-state index in [0.717, 1.165) is 10.8 Å². The molecule has 0 saturated heterocycles. The molecule has 12 heavy (non-hydrogen) atoms. The number of fused-ring (bicyclic) bond motifs is 1. The first kappa shape index (κ1) is 6.87. The summed E-state index contributed by atoms with van der Waals surface area (Å²) in [5, 5.41) is 10.8. The molecular formula is C11H6N. The Bertz CT molecular complexity index is 452. The summed E-state index contributed by atoms with van der Waals surface area (Å²) in [6.45, 7) is 0. The molecule has 0 aliphatic carbocycles. The van der Waals surface area contributed by atoms with E-state index in [0.29, 0.717) is 5.56 Å². The number of hydrogen-bond donors (Lipinski definition) is 0. The van der Waals surface area contributed by atoms with Crippen molar-refractivity contribution in [3.05, 3.63) is 48.0 Å². The Morgan fingerprint density at radius 1 is 1.25 bits per heavy atom. The predicted octanol–water partition coefficient (Wildman–Crippen LogP) is 2.51. The van der Waals surface area contributed by atoms with Crippen molar-refractivity contribution in [2.24, 2.45) is 0 Å². The lowest BCUT2D eigenvalue weighted by Gasteiger charge is -1.95. The molecular weight excluding hydrogens is 146 g/mol. The van der Waals surface area contributed by atoms with Crippen LogP contribution in [0.5, 0.6) is 0 Å². The lowest BCUT2D eigenvalue weighted by molar-refractivity contribution is 1.50.